The van der Waals surface area contributed by atoms with E-state index in [2.05, 4.69) is 9.88 Å². The number of aliphatic hydroxyl groups is 1. The summed E-state index contributed by atoms with van der Waals surface area (Å²) in [6, 6.07) is 6.83. The van der Waals surface area contributed by atoms with Gasteiger partial charge in [-0.05, 0) is 106 Å². The zero-order valence-electron chi connectivity index (χ0n) is 31.8. The van der Waals surface area contributed by atoms with Gasteiger partial charge in [0.2, 0.25) is 0 Å². The van der Waals surface area contributed by atoms with Gasteiger partial charge in [-0.2, -0.15) is 9.97 Å². The molecule has 2 unspecified atom stereocenters. The Kier molecular flexibility index (Phi) is 9.60. The van der Waals surface area contributed by atoms with Crippen molar-refractivity contribution in [1.29, 1.82) is 0 Å². The highest BCUT2D eigenvalue weighted by atomic mass is 19.1. The molecule has 11 nitrogen and oxygen atoms in total. The van der Waals surface area contributed by atoms with Crippen LogP contribution in [0.1, 0.15) is 77.2 Å². The molecule has 5 fully saturated rings. The maximum atomic E-state index is 17.3. The quantitative estimate of drug-likeness (QED) is 0.194. The normalized spacial score (nSPS) is 31.2. The molecule has 4 aliphatic heterocycles. The molecule has 13 heteroatoms. The summed E-state index contributed by atoms with van der Waals surface area (Å²) >= 11 is 0. The number of anilines is 1. The van der Waals surface area contributed by atoms with Crippen molar-refractivity contribution in [3.8, 4) is 23.0 Å². The van der Waals surface area contributed by atoms with Crippen molar-refractivity contribution < 1.29 is 33.2 Å². The fourth-order valence-electron chi connectivity index (χ4n) is 10.7. The van der Waals surface area contributed by atoms with Crippen molar-refractivity contribution in [1.82, 2.24) is 19.9 Å². The summed E-state index contributed by atoms with van der Waals surface area (Å²) < 4.78 is 51.3. The molecule has 9 rings (SSSR count). The molecule has 4 aromatic rings. The first-order valence-electron chi connectivity index (χ1n) is 20.2. The van der Waals surface area contributed by atoms with E-state index in [4.69, 9.17) is 29.9 Å². The van der Waals surface area contributed by atoms with Crippen molar-refractivity contribution in [2.24, 2.45) is 11.1 Å². The van der Waals surface area contributed by atoms with Crippen LogP contribution in [0.2, 0.25) is 0 Å². The zero-order chi connectivity index (χ0) is 38.1. The largest absolute Gasteiger partial charge is 0.508 e. The average Bonchev–Trinajstić information content (AvgIpc) is 3.72. The molecule has 1 saturated carbocycles. The Labute approximate surface area is 320 Å². The van der Waals surface area contributed by atoms with E-state index >= 15 is 8.78 Å². The number of fused-ring (bicyclic) bond motifs is 5. The van der Waals surface area contributed by atoms with Gasteiger partial charge in [0.25, 0.3) is 0 Å². The number of aryl methyl sites for hydroxylation is 1. The summed E-state index contributed by atoms with van der Waals surface area (Å²) in [5, 5.41) is 23.4. The van der Waals surface area contributed by atoms with E-state index in [1.807, 2.05) is 11.8 Å². The van der Waals surface area contributed by atoms with Crippen molar-refractivity contribution in [3.63, 3.8) is 0 Å². The molecule has 6 atom stereocenters. The minimum absolute atomic E-state index is 0.0199. The van der Waals surface area contributed by atoms with Crippen LogP contribution in [0.4, 0.5) is 14.6 Å². The van der Waals surface area contributed by atoms with E-state index in [1.54, 1.807) is 13.0 Å². The minimum atomic E-state index is -1.25. The maximum absolute atomic E-state index is 17.3. The monoisotopic (exact) mass is 758 g/mol. The van der Waals surface area contributed by atoms with Crippen molar-refractivity contribution >= 4 is 27.5 Å². The number of nitrogens with two attached hydrogens (primary N) is 1. The molecule has 2 aromatic carbocycles. The van der Waals surface area contributed by atoms with Crippen molar-refractivity contribution in [2.45, 2.75) is 114 Å². The van der Waals surface area contributed by atoms with Gasteiger partial charge >= 0.3 is 6.01 Å². The smallest absolute Gasteiger partial charge is 0.319 e. The highest BCUT2D eigenvalue weighted by Gasteiger charge is 2.51. The van der Waals surface area contributed by atoms with E-state index in [-0.39, 0.29) is 53.6 Å². The van der Waals surface area contributed by atoms with Crippen LogP contribution in [0.3, 0.4) is 0 Å². The second kappa shape index (κ2) is 14.3. The topological polar surface area (TPSA) is 139 Å². The van der Waals surface area contributed by atoms with Gasteiger partial charge in [-0.25, -0.2) is 8.78 Å². The molecule has 294 valence electrons. The number of aromatic nitrogens is 3. The molecule has 55 heavy (non-hydrogen) atoms. The lowest BCUT2D eigenvalue weighted by molar-refractivity contribution is -0.0798. The number of nitrogens with zero attached hydrogens (tertiary/aromatic N) is 5. The van der Waals surface area contributed by atoms with E-state index in [0.717, 1.165) is 64.3 Å². The van der Waals surface area contributed by atoms with Gasteiger partial charge in [0.1, 0.15) is 34.2 Å². The Morgan fingerprint density at radius 2 is 1.87 bits per heavy atom. The number of benzene rings is 2. The Balaban J connectivity index is 1.13. The van der Waals surface area contributed by atoms with Gasteiger partial charge in [-0.15, -0.1) is 0 Å². The van der Waals surface area contributed by atoms with Gasteiger partial charge in [0.15, 0.2) is 5.82 Å². The maximum Gasteiger partial charge on any atom is 0.319 e. The Morgan fingerprint density at radius 1 is 1.07 bits per heavy atom. The third-order valence-electron chi connectivity index (χ3n) is 13.1. The average molecular weight is 759 g/mol. The van der Waals surface area contributed by atoms with Crippen LogP contribution < -0.4 is 15.4 Å². The number of phenolic OH excluding ortho intramolecular Hbond substituents is 1. The summed E-state index contributed by atoms with van der Waals surface area (Å²) in [5.74, 6) is -0.896. The molecule has 2 aromatic heterocycles. The van der Waals surface area contributed by atoms with Crippen molar-refractivity contribution in [2.75, 3.05) is 44.3 Å². The van der Waals surface area contributed by atoms with Crippen LogP contribution in [0, 0.1) is 17.0 Å². The van der Waals surface area contributed by atoms with Gasteiger partial charge in [-0.3, -0.25) is 9.88 Å². The molecule has 6 heterocycles. The summed E-state index contributed by atoms with van der Waals surface area (Å²) in [5.41, 5.74) is 5.33. The fourth-order valence-corrected chi connectivity index (χ4v) is 10.7. The lowest BCUT2D eigenvalue weighted by Gasteiger charge is -2.50. The lowest BCUT2D eigenvalue weighted by Crippen LogP contribution is -2.57. The predicted octanol–water partition coefficient (Wildman–Crippen LogP) is 6.03. The number of ether oxygens (including phenoxy) is 3. The first kappa shape index (κ1) is 36.9. The molecule has 2 bridgehead atoms. The van der Waals surface area contributed by atoms with Crippen LogP contribution in [-0.4, -0.2) is 105 Å². The molecule has 5 aliphatic rings. The SMILES string of the molecule is CCc1c(F)ccc2cc(O)cc(-c3ncc4c(N5C[C@H](CN)OC[C@@](C)(O)C5)nc(OC[C@]56CCC[C@H]5N(C5CC7CCC(C5)O7)CCC6)nc4c3F)c12. The molecule has 1 aliphatic carbocycles. The molecule has 0 amide bonds. The minimum Gasteiger partial charge on any atom is -0.508 e. The lowest BCUT2D eigenvalue weighted by atomic mass is 9.74. The molecule has 4 N–H and O–H groups in total. The third kappa shape index (κ3) is 6.69. The third-order valence-corrected chi connectivity index (χ3v) is 13.1. The predicted molar refractivity (Wildman–Crippen MR) is 205 cm³/mol. The number of aromatic hydroxyl groups is 1. The summed E-state index contributed by atoms with van der Waals surface area (Å²) in [7, 11) is 0. The van der Waals surface area contributed by atoms with Gasteiger partial charge in [0, 0.05) is 42.3 Å². The molecule has 4 saturated heterocycles. The molecule has 0 spiro atoms. The first-order chi connectivity index (χ1) is 26.5. The van der Waals surface area contributed by atoms with Crippen LogP contribution in [0.25, 0.3) is 32.9 Å². The Bertz CT molecular complexity index is 2090. The summed E-state index contributed by atoms with van der Waals surface area (Å²) in [6.07, 6.45) is 12.1. The Hall–Kier alpha value is -3.75. The van der Waals surface area contributed by atoms with Gasteiger partial charge in [0.05, 0.1) is 43.5 Å². The number of rotatable bonds is 8. The van der Waals surface area contributed by atoms with Crippen LogP contribution in [-0.2, 0) is 15.9 Å². The molecular formula is C42H52F2N6O5. The van der Waals surface area contributed by atoms with Gasteiger partial charge < -0.3 is 35.1 Å². The van der Waals surface area contributed by atoms with Crippen LogP contribution >= 0.6 is 0 Å². The molecular weight excluding hydrogens is 706 g/mol. The number of pyridine rings is 1. The Morgan fingerprint density at radius 3 is 2.65 bits per heavy atom. The van der Waals surface area contributed by atoms with Crippen LogP contribution in [0.15, 0.2) is 30.5 Å². The number of likely N-dealkylation sites (tertiary alicyclic amines) is 1. The second-order valence-corrected chi connectivity index (χ2v) is 17.0. The second-order valence-electron chi connectivity index (χ2n) is 17.0. The number of piperidine rings is 1. The van der Waals surface area contributed by atoms with Crippen LogP contribution in [0.5, 0.6) is 11.8 Å². The van der Waals surface area contributed by atoms with E-state index in [1.165, 1.54) is 24.4 Å². The zero-order valence-corrected chi connectivity index (χ0v) is 31.8. The summed E-state index contributed by atoms with van der Waals surface area (Å²) in [6.45, 7) is 5.73. The van der Waals surface area contributed by atoms with E-state index < -0.39 is 23.3 Å². The standard InChI is InChI=1S/C42H52F2N6O5/c1-3-30-33(43)10-7-24-14-26(51)17-31(35(24)30)37-36(44)38-32(19-46-37)39(49-20-29(18-45)53-22-41(2,52)21-49)48-40(47-38)54-23-42-11-4-6-34(42)50(13-5-12-42)25-15-27-8-9-28(16-25)55-27/h7,10,14,17,19,25,27-29,34,51-52H,3-6,8-9,11-13,15-16,18,20-23,45H2,1-2H3/t25?,27?,28?,29-,34+,41-,42+/m0/s1. The number of β-amino-alcohol motifs (C(OH)–C–C–N with tert-alkyl or cyclic N) is 1. The summed E-state index contributed by atoms with van der Waals surface area (Å²) in [4.78, 5) is 18.9. The molecule has 0 radical (unpaired) electrons. The first-order valence-corrected chi connectivity index (χ1v) is 20.2. The van der Waals surface area contributed by atoms with E-state index in [9.17, 15) is 10.2 Å². The van der Waals surface area contributed by atoms with Gasteiger partial charge in [-0.1, -0.05) is 19.4 Å². The highest BCUT2D eigenvalue weighted by Crippen LogP contribution is 2.50. The highest BCUT2D eigenvalue weighted by molar-refractivity contribution is 6.01. The fraction of sp³-hybridized carbons (Fsp3) is 0.595. The van der Waals surface area contributed by atoms with E-state index in [0.29, 0.717) is 71.4 Å². The number of halogens is 2. The number of hydrogen-bond acceptors (Lipinski definition) is 11. The van der Waals surface area contributed by atoms with Crippen molar-refractivity contribution in [3.05, 3.63) is 47.7 Å². The number of phenols is 1. The number of hydrogen-bond donors (Lipinski definition) is 3.